The van der Waals surface area contributed by atoms with Crippen LogP contribution < -0.4 is 0 Å². The van der Waals surface area contributed by atoms with Crippen LogP contribution in [0.5, 0.6) is 0 Å². The second kappa shape index (κ2) is 5.27. The third-order valence-corrected chi connectivity index (χ3v) is 4.40. The fourth-order valence-electron chi connectivity index (χ4n) is 3.29. The highest BCUT2D eigenvalue weighted by Gasteiger charge is 2.44. The Labute approximate surface area is 109 Å². The Morgan fingerprint density at radius 1 is 1.39 bits per heavy atom. The first-order chi connectivity index (χ1) is 8.58. The summed E-state index contributed by atoms with van der Waals surface area (Å²) in [6.07, 6.45) is 12.3. The summed E-state index contributed by atoms with van der Waals surface area (Å²) >= 11 is 0. The summed E-state index contributed by atoms with van der Waals surface area (Å²) in [6, 6.07) is -0.322. The minimum atomic E-state index is -0.669. The van der Waals surface area contributed by atoms with Gasteiger partial charge >= 0.3 is 5.97 Å². The van der Waals surface area contributed by atoms with Crippen LogP contribution >= 0.6 is 0 Å². The van der Waals surface area contributed by atoms with Crippen LogP contribution in [0.1, 0.15) is 39.5 Å². The lowest BCUT2D eigenvalue weighted by molar-refractivity contribution is -0.148. The average Bonchev–Trinajstić information content (AvgIpc) is 2.39. The van der Waals surface area contributed by atoms with E-state index in [2.05, 4.69) is 43.1 Å². The van der Waals surface area contributed by atoms with Gasteiger partial charge in [-0.1, -0.05) is 44.6 Å². The van der Waals surface area contributed by atoms with E-state index in [0.29, 0.717) is 5.92 Å². The Balaban J connectivity index is 2.32. The zero-order valence-corrected chi connectivity index (χ0v) is 11.3. The molecule has 1 heterocycles. The molecule has 0 spiro atoms. The van der Waals surface area contributed by atoms with E-state index >= 15 is 0 Å². The predicted molar refractivity (Wildman–Crippen MR) is 72.4 cm³/mol. The Kier molecular flexibility index (Phi) is 3.91. The first kappa shape index (κ1) is 13.3. The molecule has 2 unspecified atom stereocenters. The largest absolute Gasteiger partial charge is 0.480 e. The maximum atomic E-state index is 11.5. The molecule has 2 aliphatic rings. The third-order valence-electron chi connectivity index (χ3n) is 4.40. The molecule has 0 aromatic heterocycles. The number of carbonyl (C=O) groups is 1. The molecule has 0 saturated carbocycles. The van der Waals surface area contributed by atoms with E-state index in [1.807, 2.05) is 0 Å². The molecule has 1 aliphatic heterocycles. The highest BCUT2D eigenvalue weighted by atomic mass is 16.4. The van der Waals surface area contributed by atoms with E-state index in [0.717, 1.165) is 32.2 Å². The van der Waals surface area contributed by atoms with Crippen LogP contribution in [0.25, 0.3) is 0 Å². The lowest BCUT2D eigenvalue weighted by atomic mass is 9.77. The van der Waals surface area contributed by atoms with Crippen LogP contribution in [-0.2, 0) is 4.79 Å². The number of piperidine rings is 1. The van der Waals surface area contributed by atoms with Gasteiger partial charge in [0, 0.05) is 5.54 Å². The molecule has 0 bridgehead atoms. The van der Waals surface area contributed by atoms with Gasteiger partial charge in [-0.3, -0.25) is 9.69 Å². The number of carboxylic acid groups (broad SMARTS) is 1. The second-order valence-electron chi connectivity index (χ2n) is 5.68. The molecule has 2 atom stereocenters. The van der Waals surface area contributed by atoms with Gasteiger partial charge in [-0.2, -0.15) is 0 Å². The molecule has 1 saturated heterocycles. The summed E-state index contributed by atoms with van der Waals surface area (Å²) in [5.41, 5.74) is -0.113. The molecule has 3 nitrogen and oxygen atoms in total. The number of hydrogen-bond donors (Lipinski definition) is 1. The second-order valence-corrected chi connectivity index (χ2v) is 5.68. The van der Waals surface area contributed by atoms with Gasteiger partial charge in [0.05, 0.1) is 0 Å². The number of aliphatic carboxylic acids is 1. The summed E-state index contributed by atoms with van der Waals surface area (Å²) in [6.45, 7) is 5.28. The minimum Gasteiger partial charge on any atom is -0.480 e. The molecule has 0 radical (unpaired) electrons. The van der Waals surface area contributed by atoms with Gasteiger partial charge in [0.1, 0.15) is 6.04 Å². The normalized spacial score (nSPS) is 32.9. The van der Waals surface area contributed by atoms with Crippen molar-refractivity contribution in [3.63, 3.8) is 0 Å². The molecule has 2 rings (SSSR count). The van der Waals surface area contributed by atoms with Crippen molar-refractivity contribution in [3.05, 3.63) is 24.3 Å². The van der Waals surface area contributed by atoms with Crippen LogP contribution in [0.3, 0.4) is 0 Å². The number of rotatable bonds is 3. The Hall–Kier alpha value is -1.09. The summed E-state index contributed by atoms with van der Waals surface area (Å²) in [7, 11) is 0. The smallest absolute Gasteiger partial charge is 0.320 e. The molecule has 18 heavy (non-hydrogen) atoms. The Bertz CT molecular complexity index is 373. The standard InChI is InChI=1S/C15H23NO2/c1-12(2)15(9-5-3-6-10-15)16-11-7-4-8-13(16)14(17)18/h3,5-6,9,12-13H,4,7-8,10-11H2,1-2H3,(H,17,18). The molecule has 0 aromatic rings. The van der Waals surface area contributed by atoms with Crippen LogP contribution in [0, 0.1) is 5.92 Å². The van der Waals surface area contributed by atoms with Gasteiger partial charge in [0.2, 0.25) is 0 Å². The van der Waals surface area contributed by atoms with Crippen molar-refractivity contribution in [2.45, 2.75) is 51.1 Å². The zero-order valence-electron chi connectivity index (χ0n) is 11.3. The van der Waals surface area contributed by atoms with E-state index < -0.39 is 5.97 Å². The summed E-state index contributed by atoms with van der Waals surface area (Å²) < 4.78 is 0. The lowest BCUT2D eigenvalue weighted by Gasteiger charge is -2.50. The molecule has 3 heteroatoms. The van der Waals surface area contributed by atoms with Crippen molar-refractivity contribution >= 4 is 5.97 Å². The van der Waals surface area contributed by atoms with Gasteiger partial charge in [-0.15, -0.1) is 0 Å². The Morgan fingerprint density at radius 3 is 2.72 bits per heavy atom. The van der Waals surface area contributed by atoms with Crippen molar-refractivity contribution in [2.75, 3.05) is 6.54 Å². The van der Waals surface area contributed by atoms with Crippen molar-refractivity contribution in [3.8, 4) is 0 Å². The summed E-state index contributed by atoms with van der Waals surface area (Å²) in [5.74, 6) is -0.253. The van der Waals surface area contributed by atoms with Crippen molar-refractivity contribution in [2.24, 2.45) is 5.92 Å². The number of likely N-dealkylation sites (tertiary alicyclic amines) is 1. The third kappa shape index (κ3) is 2.24. The number of hydrogen-bond acceptors (Lipinski definition) is 2. The monoisotopic (exact) mass is 249 g/mol. The summed E-state index contributed by atoms with van der Waals surface area (Å²) in [4.78, 5) is 13.7. The lowest BCUT2D eigenvalue weighted by Crippen LogP contribution is -2.59. The van der Waals surface area contributed by atoms with Crippen LogP contribution in [0.15, 0.2) is 24.3 Å². The predicted octanol–water partition coefficient (Wildman–Crippen LogP) is 2.84. The first-order valence-corrected chi connectivity index (χ1v) is 6.92. The van der Waals surface area contributed by atoms with Gasteiger partial charge < -0.3 is 5.11 Å². The van der Waals surface area contributed by atoms with Crippen LogP contribution in [0.2, 0.25) is 0 Å². The van der Waals surface area contributed by atoms with Crippen LogP contribution in [0.4, 0.5) is 0 Å². The van der Waals surface area contributed by atoms with Crippen molar-refractivity contribution in [1.29, 1.82) is 0 Å². The summed E-state index contributed by atoms with van der Waals surface area (Å²) in [5, 5.41) is 9.45. The number of allylic oxidation sites excluding steroid dienone is 2. The number of carboxylic acids is 1. The maximum absolute atomic E-state index is 11.5. The van der Waals surface area contributed by atoms with E-state index in [-0.39, 0.29) is 11.6 Å². The SMILES string of the molecule is CC(C)C1(N2CCCCC2C(=O)O)C=CC=CC1. The fourth-order valence-corrected chi connectivity index (χ4v) is 3.29. The van der Waals surface area contributed by atoms with Crippen molar-refractivity contribution < 1.29 is 9.90 Å². The van der Waals surface area contributed by atoms with Gasteiger partial charge in [0.15, 0.2) is 0 Å². The van der Waals surface area contributed by atoms with E-state index in [4.69, 9.17) is 0 Å². The molecule has 0 amide bonds. The highest BCUT2D eigenvalue weighted by molar-refractivity contribution is 5.73. The molecule has 100 valence electrons. The fraction of sp³-hybridized carbons (Fsp3) is 0.667. The molecule has 1 aliphatic carbocycles. The minimum absolute atomic E-state index is 0.113. The Morgan fingerprint density at radius 2 is 2.17 bits per heavy atom. The van der Waals surface area contributed by atoms with Crippen LogP contribution in [-0.4, -0.2) is 34.1 Å². The maximum Gasteiger partial charge on any atom is 0.320 e. The van der Waals surface area contributed by atoms with Gasteiger partial charge in [0.25, 0.3) is 0 Å². The average molecular weight is 249 g/mol. The van der Waals surface area contributed by atoms with Gasteiger partial charge in [-0.05, 0) is 31.7 Å². The molecule has 0 aromatic carbocycles. The van der Waals surface area contributed by atoms with Crippen molar-refractivity contribution in [1.82, 2.24) is 4.90 Å². The van der Waals surface area contributed by atoms with E-state index in [1.165, 1.54) is 0 Å². The quantitative estimate of drug-likeness (QED) is 0.836. The highest BCUT2D eigenvalue weighted by Crippen LogP contribution is 2.37. The topological polar surface area (TPSA) is 40.5 Å². The molecular formula is C15H23NO2. The first-order valence-electron chi connectivity index (χ1n) is 6.92. The molecular weight excluding hydrogens is 226 g/mol. The van der Waals surface area contributed by atoms with Gasteiger partial charge in [-0.25, -0.2) is 0 Å². The van der Waals surface area contributed by atoms with E-state index in [1.54, 1.807) is 0 Å². The van der Waals surface area contributed by atoms with E-state index in [9.17, 15) is 9.90 Å². The zero-order chi connectivity index (χ0) is 13.2. The number of nitrogens with zero attached hydrogens (tertiary/aromatic N) is 1. The molecule has 1 N–H and O–H groups in total. The molecule has 1 fully saturated rings.